The Balaban J connectivity index is 1.06. The van der Waals surface area contributed by atoms with E-state index < -0.39 is 0 Å². The summed E-state index contributed by atoms with van der Waals surface area (Å²) < 4.78 is 16.6. The van der Waals surface area contributed by atoms with Gasteiger partial charge in [-0.2, -0.15) is 0 Å². The summed E-state index contributed by atoms with van der Waals surface area (Å²) in [7, 11) is 0. The number of anilines is 1. The van der Waals surface area contributed by atoms with Crippen LogP contribution < -0.4 is 19.1 Å². The van der Waals surface area contributed by atoms with Crippen LogP contribution in [-0.2, 0) is 13.0 Å². The first-order chi connectivity index (χ1) is 15.3. The van der Waals surface area contributed by atoms with Crippen LogP contribution in [0.25, 0.3) is 0 Å². The van der Waals surface area contributed by atoms with Gasteiger partial charge >= 0.3 is 0 Å². The largest absolute Gasteiger partial charge is 0.489 e. The van der Waals surface area contributed by atoms with Crippen molar-refractivity contribution in [2.75, 3.05) is 44.4 Å². The number of nitrogens with zero attached hydrogens (tertiary/aromatic N) is 3. The van der Waals surface area contributed by atoms with Gasteiger partial charge in [-0.05, 0) is 41.8 Å². The number of aromatic nitrogens is 1. The van der Waals surface area contributed by atoms with Gasteiger partial charge in [-0.1, -0.05) is 30.3 Å². The van der Waals surface area contributed by atoms with Crippen molar-refractivity contribution in [3.8, 4) is 17.2 Å². The van der Waals surface area contributed by atoms with Gasteiger partial charge in [-0.3, -0.25) is 4.90 Å². The summed E-state index contributed by atoms with van der Waals surface area (Å²) in [5.74, 6) is 3.39. The van der Waals surface area contributed by atoms with E-state index >= 15 is 0 Å². The summed E-state index contributed by atoms with van der Waals surface area (Å²) in [6.45, 7) is 6.13. The molecule has 0 unspecified atom stereocenters. The zero-order valence-corrected chi connectivity index (χ0v) is 17.6. The molecule has 0 atom stereocenters. The molecule has 1 fully saturated rings. The van der Waals surface area contributed by atoms with Crippen LogP contribution in [0.15, 0.2) is 66.9 Å². The second-order valence-electron chi connectivity index (χ2n) is 7.89. The van der Waals surface area contributed by atoms with Crippen LogP contribution >= 0.6 is 0 Å². The lowest BCUT2D eigenvalue weighted by molar-refractivity contribution is 0.173. The molecule has 0 aliphatic carbocycles. The van der Waals surface area contributed by atoms with Crippen molar-refractivity contribution in [2.45, 2.75) is 13.0 Å². The van der Waals surface area contributed by atoms with E-state index in [1.807, 2.05) is 30.5 Å². The predicted molar refractivity (Wildman–Crippen MR) is 120 cm³/mol. The molecule has 5 rings (SSSR count). The summed E-state index contributed by atoms with van der Waals surface area (Å²) in [6, 6.07) is 20.5. The van der Waals surface area contributed by atoms with Crippen molar-refractivity contribution in [2.24, 2.45) is 0 Å². The normalized spacial score (nSPS) is 15.8. The number of pyridine rings is 1. The topological polar surface area (TPSA) is 47.1 Å². The van der Waals surface area contributed by atoms with Crippen molar-refractivity contribution >= 4 is 5.82 Å². The highest BCUT2D eigenvalue weighted by atomic mass is 16.7. The Morgan fingerprint density at radius 2 is 1.65 bits per heavy atom. The van der Waals surface area contributed by atoms with Gasteiger partial charge in [0.05, 0.1) is 0 Å². The van der Waals surface area contributed by atoms with Crippen LogP contribution in [0.1, 0.15) is 11.1 Å². The van der Waals surface area contributed by atoms with Gasteiger partial charge in [0.25, 0.3) is 0 Å². The lowest BCUT2D eigenvalue weighted by atomic mass is 10.1. The minimum atomic E-state index is 0.278. The van der Waals surface area contributed by atoms with Crippen molar-refractivity contribution in [3.05, 3.63) is 78.0 Å². The highest BCUT2D eigenvalue weighted by molar-refractivity contribution is 5.47. The van der Waals surface area contributed by atoms with Gasteiger partial charge in [0.2, 0.25) is 6.79 Å². The van der Waals surface area contributed by atoms with Crippen LogP contribution in [0.3, 0.4) is 0 Å². The van der Waals surface area contributed by atoms with Gasteiger partial charge in [0.1, 0.15) is 18.2 Å². The Labute approximate surface area is 183 Å². The fraction of sp³-hybridized carbons (Fsp3) is 0.320. The van der Waals surface area contributed by atoms with E-state index in [1.54, 1.807) is 0 Å². The van der Waals surface area contributed by atoms with Gasteiger partial charge in [0, 0.05) is 45.0 Å². The van der Waals surface area contributed by atoms with E-state index in [2.05, 4.69) is 51.2 Å². The van der Waals surface area contributed by atoms with E-state index in [9.17, 15) is 0 Å². The predicted octanol–water partition coefficient (Wildman–Crippen LogP) is 3.75. The quantitative estimate of drug-likeness (QED) is 0.584. The number of piperazine rings is 1. The van der Waals surface area contributed by atoms with Gasteiger partial charge < -0.3 is 19.1 Å². The molecular weight excluding hydrogens is 390 g/mol. The summed E-state index contributed by atoms with van der Waals surface area (Å²) in [6.07, 6.45) is 2.93. The van der Waals surface area contributed by atoms with Crippen LogP contribution in [0.5, 0.6) is 17.2 Å². The number of ether oxygens (including phenoxy) is 3. The summed E-state index contributed by atoms with van der Waals surface area (Å²) in [4.78, 5) is 9.37. The third-order valence-electron chi connectivity index (χ3n) is 5.83. The Morgan fingerprint density at radius 1 is 0.839 bits per heavy atom. The molecule has 0 radical (unpaired) electrons. The second-order valence-corrected chi connectivity index (χ2v) is 7.89. The molecule has 2 aliphatic rings. The maximum Gasteiger partial charge on any atom is 0.231 e. The molecule has 3 aromatic rings. The Morgan fingerprint density at radius 3 is 2.45 bits per heavy atom. The lowest BCUT2D eigenvalue weighted by Gasteiger charge is -2.35. The monoisotopic (exact) mass is 417 g/mol. The van der Waals surface area contributed by atoms with Gasteiger partial charge in [0.15, 0.2) is 11.5 Å². The third kappa shape index (κ3) is 4.91. The molecule has 2 aliphatic heterocycles. The van der Waals surface area contributed by atoms with Crippen molar-refractivity contribution in [3.63, 3.8) is 0 Å². The Hall–Kier alpha value is -3.25. The Bertz CT molecular complexity index is 987. The van der Waals surface area contributed by atoms with E-state index in [0.29, 0.717) is 6.61 Å². The van der Waals surface area contributed by atoms with Crippen LogP contribution in [0.4, 0.5) is 5.82 Å². The SMILES string of the molecule is c1ccc(N2CCN(CCc3ccc(COc4ccc5c(c4)OCO5)cc3)CC2)nc1. The molecule has 1 aromatic heterocycles. The lowest BCUT2D eigenvalue weighted by Crippen LogP contribution is -2.47. The standard InChI is InChI=1S/C25H27N3O3/c1-2-11-26-25(3-1)28-15-13-27(14-16-28)12-10-20-4-6-21(7-5-20)18-29-22-8-9-23-24(17-22)31-19-30-23/h1-9,11,17H,10,12-16,18-19H2. The molecule has 0 amide bonds. The average Bonchev–Trinajstić information content (AvgIpc) is 3.31. The van der Waals surface area contributed by atoms with Crippen LogP contribution in [-0.4, -0.2) is 49.4 Å². The third-order valence-corrected chi connectivity index (χ3v) is 5.83. The number of benzene rings is 2. The molecule has 6 nitrogen and oxygen atoms in total. The molecule has 0 bridgehead atoms. The molecule has 0 spiro atoms. The minimum absolute atomic E-state index is 0.278. The smallest absolute Gasteiger partial charge is 0.231 e. The average molecular weight is 418 g/mol. The molecule has 3 heterocycles. The molecule has 160 valence electrons. The van der Waals surface area contributed by atoms with Crippen molar-refractivity contribution in [1.82, 2.24) is 9.88 Å². The highest BCUT2D eigenvalue weighted by Crippen LogP contribution is 2.35. The fourth-order valence-corrected chi connectivity index (χ4v) is 3.96. The molecule has 0 N–H and O–H groups in total. The molecule has 2 aromatic carbocycles. The van der Waals surface area contributed by atoms with E-state index in [-0.39, 0.29) is 6.79 Å². The van der Waals surface area contributed by atoms with E-state index in [0.717, 1.165) is 67.8 Å². The molecular formula is C25H27N3O3. The first-order valence-corrected chi connectivity index (χ1v) is 10.8. The number of hydrogen-bond acceptors (Lipinski definition) is 6. The van der Waals surface area contributed by atoms with E-state index in [4.69, 9.17) is 14.2 Å². The number of fused-ring (bicyclic) bond motifs is 1. The van der Waals surface area contributed by atoms with Crippen LogP contribution in [0, 0.1) is 0 Å². The summed E-state index contributed by atoms with van der Waals surface area (Å²) in [5, 5.41) is 0. The van der Waals surface area contributed by atoms with Crippen molar-refractivity contribution < 1.29 is 14.2 Å². The highest BCUT2D eigenvalue weighted by Gasteiger charge is 2.17. The molecule has 31 heavy (non-hydrogen) atoms. The number of rotatable bonds is 7. The van der Waals surface area contributed by atoms with Gasteiger partial charge in [-0.15, -0.1) is 0 Å². The minimum Gasteiger partial charge on any atom is -0.489 e. The number of hydrogen-bond donors (Lipinski definition) is 0. The molecule has 1 saturated heterocycles. The summed E-state index contributed by atoms with van der Waals surface area (Å²) in [5.41, 5.74) is 2.52. The molecule has 0 saturated carbocycles. The maximum absolute atomic E-state index is 5.91. The zero-order chi connectivity index (χ0) is 20.9. The maximum atomic E-state index is 5.91. The fourth-order valence-electron chi connectivity index (χ4n) is 3.96. The van der Waals surface area contributed by atoms with Crippen LogP contribution in [0.2, 0.25) is 0 Å². The first kappa shape index (κ1) is 19.7. The second kappa shape index (κ2) is 9.27. The van der Waals surface area contributed by atoms with E-state index in [1.165, 1.54) is 5.56 Å². The molecule has 6 heteroatoms. The Kier molecular flexibility index (Phi) is 5.89. The van der Waals surface area contributed by atoms with Crippen molar-refractivity contribution in [1.29, 1.82) is 0 Å². The first-order valence-electron chi connectivity index (χ1n) is 10.8. The summed E-state index contributed by atoms with van der Waals surface area (Å²) >= 11 is 0. The van der Waals surface area contributed by atoms with Gasteiger partial charge in [-0.25, -0.2) is 4.98 Å². The zero-order valence-electron chi connectivity index (χ0n) is 17.6.